The van der Waals surface area contributed by atoms with Crippen molar-refractivity contribution in [1.82, 2.24) is 14.9 Å². The predicted octanol–water partition coefficient (Wildman–Crippen LogP) is 2.49. The van der Waals surface area contributed by atoms with Crippen LogP contribution in [0.4, 0.5) is 11.5 Å². The summed E-state index contributed by atoms with van der Waals surface area (Å²) in [5, 5.41) is 14.1. The van der Waals surface area contributed by atoms with Crippen LogP contribution in [0.2, 0.25) is 5.28 Å². The number of nitro groups is 1. The van der Waals surface area contributed by atoms with Gasteiger partial charge in [0.25, 0.3) is 0 Å². The highest BCUT2D eigenvalue weighted by Crippen LogP contribution is 2.26. The SMILES string of the molecule is Cc1nc(Cl)nc(NCCN2CCC(C)CC2)c1[N+](=O)[O-]. The Kier molecular flexibility index (Phi) is 5.30. The highest BCUT2D eigenvalue weighted by molar-refractivity contribution is 6.28. The lowest BCUT2D eigenvalue weighted by Crippen LogP contribution is -2.36. The summed E-state index contributed by atoms with van der Waals surface area (Å²) < 4.78 is 0. The van der Waals surface area contributed by atoms with Crippen LogP contribution >= 0.6 is 11.6 Å². The van der Waals surface area contributed by atoms with Crippen LogP contribution in [0.15, 0.2) is 0 Å². The highest BCUT2D eigenvalue weighted by Gasteiger charge is 2.22. The second kappa shape index (κ2) is 7.00. The molecule has 0 saturated carbocycles. The third-order valence-electron chi connectivity index (χ3n) is 3.81. The van der Waals surface area contributed by atoms with Crippen molar-refractivity contribution >= 4 is 23.1 Å². The van der Waals surface area contributed by atoms with Crippen molar-refractivity contribution in [2.45, 2.75) is 26.7 Å². The molecule has 2 rings (SSSR count). The zero-order valence-corrected chi connectivity index (χ0v) is 13.1. The van der Waals surface area contributed by atoms with Crippen LogP contribution in [0.5, 0.6) is 0 Å². The number of hydrogen-bond donors (Lipinski definition) is 1. The number of halogens is 1. The Bertz CT molecular complexity index is 518. The van der Waals surface area contributed by atoms with Gasteiger partial charge in [-0.1, -0.05) is 6.92 Å². The molecule has 0 atom stereocenters. The molecule has 0 unspecified atom stereocenters. The standard InChI is InChI=1S/C13H20ClN5O2/c1-9-3-6-18(7-4-9)8-5-15-12-11(19(20)21)10(2)16-13(14)17-12/h9H,3-8H2,1-2H3,(H,15,16,17). The summed E-state index contributed by atoms with van der Waals surface area (Å²) in [5.74, 6) is 0.987. The summed E-state index contributed by atoms with van der Waals surface area (Å²) >= 11 is 5.78. The lowest BCUT2D eigenvalue weighted by atomic mass is 9.99. The van der Waals surface area contributed by atoms with E-state index in [9.17, 15) is 10.1 Å². The Labute approximate surface area is 128 Å². The number of piperidine rings is 1. The molecule has 1 aromatic rings. The van der Waals surface area contributed by atoms with Gasteiger partial charge in [0.1, 0.15) is 5.69 Å². The fourth-order valence-electron chi connectivity index (χ4n) is 2.49. The molecule has 1 saturated heterocycles. The van der Waals surface area contributed by atoms with Gasteiger partial charge in [0.05, 0.1) is 4.92 Å². The van der Waals surface area contributed by atoms with Crippen molar-refractivity contribution in [2.24, 2.45) is 5.92 Å². The van der Waals surface area contributed by atoms with Crippen molar-refractivity contribution in [3.63, 3.8) is 0 Å². The molecule has 1 aromatic heterocycles. The first-order chi connectivity index (χ1) is 9.97. The molecule has 116 valence electrons. The normalized spacial score (nSPS) is 16.9. The van der Waals surface area contributed by atoms with Crippen molar-refractivity contribution in [3.8, 4) is 0 Å². The van der Waals surface area contributed by atoms with Gasteiger partial charge < -0.3 is 10.2 Å². The number of nitrogens with one attached hydrogen (secondary N) is 1. The van der Waals surface area contributed by atoms with E-state index in [-0.39, 0.29) is 22.5 Å². The molecule has 8 heteroatoms. The van der Waals surface area contributed by atoms with E-state index < -0.39 is 4.92 Å². The average molecular weight is 314 g/mol. The zero-order valence-electron chi connectivity index (χ0n) is 12.3. The molecule has 0 aliphatic carbocycles. The van der Waals surface area contributed by atoms with E-state index in [1.807, 2.05) is 0 Å². The van der Waals surface area contributed by atoms with Crippen molar-refractivity contribution in [1.29, 1.82) is 0 Å². The number of anilines is 1. The topological polar surface area (TPSA) is 84.2 Å². The third-order valence-corrected chi connectivity index (χ3v) is 3.98. The molecule has 0 bridgehead atoms. The molecule has 7 nitrogen and oxygen atoms in total. The van der Waals surface area contributed by atoms with E-state index in [1.54, 1.807) is 6.92 Å². The second-order valence-corrected chi connectivity index (χ2v) is 5.82. The van der Waals surface area contributed by atoms with E-state index in [0.717, 1.165) is 25.6 Å². The molecule has 2 heterocycles. The molecule has 1 fully saturated rings. The molecule has 1 aliphatic heterocycles. The van der Waals surface area contributed by atoms with Crippen LogP contribution in [0, 0.1) is 23.0 Å². The van der Waals surface area contributed by atoms with Crippen molar-refractivity contribution in [2.75, 3.05) is 31.5 Å². The number of aromatic nitrogens is 2. The van der Waals surface area contributed by atoms with Gasteiger partial charge >= 0.3 is 5.69 Å². The van der Waals surface area contributed by atoms with Crippen molar-refractivity contribution < 1.29 is 4.92 Å². The van der Waals surface area contributed by atoms with Crippen LogP contribution in [-0.4, -0.2) is 46.0 Å². The number of likely N-dealkylation sites (tertiary alicyclic amines) is 1. The van der Waals surface area contributed by atoms with Gasteiger partial charge in [-0.3, -0.25) is 10.1 Å². The molecular weight excluding hydrogens is 294 g/mol. The van der Waals surface area contributed by atoms with Crippen LogP contribution in [-0.2, 0) is 0 Å². The molecule has 21 heavy (non-hydrogen) atoms. The monoisotopic (exact) mass is 313 g/mol. The van der Waals surface area contributed by atoms with E-state index >= 15 is 0 Å². The minimum Gasteiger partial charge on any atom is -0.363 e. The number of aryl methyl sites for hydroxylation is 1. The van der Waals surface area contributed by atoms with Gasteiger partial charge in [0.2, 0.25) is 11.1 Å². The molecule has 0 radical (unpaired) electrons. The van der Waals surface area contributed by atoms with E-state index in [4.69, 9.17) is 11.6 Å². The summed E-state index contributed by atoms with van der Waals surface area (Å²) in [6.07, 6.45) is 2.41. The minimum atomic E-state index is -0.476. The summed E-state index contributed by atoms with van der Waals surface area (Å²) in [4.78, 5) is 20.7. The van der Waals surface area contributed by atoms with Crippen LogP contribution < -0.4 is 5.32 Å². The molecular formula is C13H20ClN5O2. The predicted molar refractivity (Wildman–Crippen MR) is 81.8 cm³/mol. The Morgan fingerprint density at radius 3 is 2.71 bits per heavy atom. The van der Waals surface area contributed by atoms with Crippen LogP contribution in [0.25, 0.3) is 0 Å². The minimum absolute atomic E-state index is 0.0207. The molecule has 0 aromatic carbocycles. The maximum Gasteiger partial charge on any atom is 0.332 e. The fraction of sp³-hybridized carbons (Fsp3) is 0.692. The summed E-state index contributed by atoms with van der Waals surface area (Å²) in [7, 11) is 0. The lowest BCUT2D eigenvalue weighted by Gasteiger charge is -2.30. The quantitative estimate of drug-likeness (QED) is 0.511. The van der Waals surface area contributed by atoms with Gasteiger partial charge in [0.15, 0.2) is 0 Å². The third kappa shape index (κ3) is 4.25. The second-order valence-electron chi connectivity index (χ2n) is 5.48. The average Bonchev–Trinajstić information content (AvgIpc) is 2.39. The maximum absolute atomic E-state index is 11.1. The van der Waals surface area contributed by atoms with Crippen LogP contribution in [0.1, 0.15) is 25.5 Å². The van der Waals surface area contributed by atoms with Crippen LogP contribution in [0.3, 0.4) is 0 Å². The van der Waals surface area contributed by atoms with Gasteiger partial charge in [-0.25, -0.2) is 4.98 Å². The summed E-state index contributed by atoms with van der Waals surface area (Å²) in [6, 6.07) is 0. The number of hydrogen-bond acceptors (Lipinski definition) is 6. The number of nitrogens with zero attached hydrogens (tertiary/aromatic N) is 4. The molecule has 1 aliphatic rings. The first-order valence-corrected chi connectivity index (χ1v) is 7.50. The van der Waals surface area contributed by atoms with E-state index in [2.05, 4.69) is 27.1 Å². The van der Waals surface area contributed by atoms with Gasteiger partial charge in [0, 0.05) is 13.1 Å². The Morgan fingerprint density at radius 2 is 2.10 bits per heavy atom. The van der Waals surface area contributed by atoms with E-state index in [1.165, 1.54) is 12.8 Å². The summed E-state index contributed by atoms with van der Waals surface area (Å²) in [5.41, 5.74) is 0.168. The van der Waals surface area contributed by atoms with Gasteiger partial charge in [-0.2, -0.15) is 4.98 Å². The van der Waals surface area contributed by atoms with Gasteiger partial charge in [-0.05, 0) is 50.4 Å². The zero-order chi connectivity index (χ0) is 15.4. The summed E-state index contributed by atoms with van der Waals surface area (Å²) in [6.45, 7) is 7.42. The first-order valence-electron chi connectivity index (χ1n) is 7.12. The fourth-order valence-corrected chi connectivity index (χ4v) is 2.70. The highest BCUT2D eigenvalue weighted by atomic mass is 35.5. The number of rotatable bonds is 5. The molecule has 0 amide bonds. The molecule has 1 N–H and O–H groups in total. The Morgan fingerprint density at radius 1 is 1.43 bits per heavy atom. The Balaban J connectivity index is 1.95. The first kappa shape index (κ1) is 15.9. The smallest absolute Gasteiger partial charge is 0.332 e. The Hall–Kier alpha value is -1.47. The lowest BCUT2D eigenvalue weighted by molar-refractivity contribution is -0.385. The van der Waals surface area contributed by atoms with Crippen molar-refractivity contribution in [3.05, 3.63) is 21.1 Å². The maximum atomic E-state index is 11.1. The largest absolute Gasteiger partial charge is 0.363 e. The van der Waals surface area contributed by atoms with Gasteiger partial charge in [-0.15, -0.1) is 0 Å². The molecule has 0 spiro atoms. The van der Waals surface area contributed by atoms with E-state index in [0.29, 0.717) is 6.54 Å².